The molecule has 0 amide bonds. The predicted octanol–water partition coefficient (Wildman–Crippen LogP) is 2.34. The lowest BCUT2D eigenvalue weighted by molar-refractivity contribution is -0.0458. The molecule has 0 N–H and O–H groups in total. The molecule has 2 unspecified atom stereocenters. The van der Waals surface area contributed by atoms with Gasteiger partial charge in [-0.15, -0.1) is 0 Å². The Morgan fingerprint density at radius 1 is 0.941 bits per heavy atom. The van der Waals surface area contributed by atoms with Crippen LogP contribution >= 0.6 is 0 Å². The minimum atomic E-state index is -3.49. The van der Waals surface area contributed by atoms with Crippen molar-refractivity contribution in [2.24, 2.45) is 0 Å². The second-order valence-corrected chi connectivity index (χ2v) is 11.2. The van der Waals surface area contributed by atoms with E-state index in [4.69, 9.17) is 4.74 Å². The van der Waals surface area contributed by atoms with Crippen molar-refractivity contribution in [3.8, 4) is 11.4 Å². The van der Waals surface area contributed by atoms with Crippen LogP contribution in [-0.2, 0) is 21.6 Å². The van der Waals surface area contributed by atoms with Gasteiger partial charge in [0.2, 0.25) is 0 Å². The summed E-state index contributed by atoms with van der Waals surface area (Å²) < 4.78 is 37.2. The number of nitrogens with zero attached hydrogens (tertiary/aromatic N) is 6. The highest BCUT2D eigenvalue weighted by Crippen LogP contribution is 2.24. The Kier molecular flexibility index (Phi) is 6.43. The summed E-state index contributed by atoms with van der Waals surface area (Å²) in [6.45, 7) is 9.32. The maximum Gasteiger partial charge on any atom is 0.282 e. The fraction of sp³-hybridized carbons (Fsp3) is 0.500. The van der Waals surface area contributed by atoms with Crippen LogP contribution in [0.5, 0.6) is 0 Å². The Morgan fingerprint density at radius 3 is 2.32 bits per heavy atom. The molecule has 0 radical (unpaired) electrons. The van der Waals surface area contributed by atoms with Crippen LogP contribution in [0.4, 0.5) is 0 Å². The molecule has 2 fully saturated rings. The van der Waals surface area contributed by atoms with Crippen molar-refractivity contribution in [1.29, 1.82) is 0 Å². The molecule has 5 rings (SSSR count). The minimum Gasteiger partial charge on any atom is -0.373 e. The molecular weight excluding hydrogens is 452 g/mol. The van der Waals surface area contributed by atoms with Gasteiger partial charge < -0.3 is 4.74 Å². The molecule has 2 aliphatic rings. The van der Waals surface area contributed by atoms with Gasteiger partial charge in [-0.1, -0.05) is 36.4 Å². The van der Waals surface area contributed by atoms with Crippen LogP contribution in [0.1, 0.15) is 19.7 Å². The topological polar surface area (TPSA) is 83.8 Å². The summed E-state index contributed by atoms with van der Waals surface area (Å²) in [7, 11) is -3.49. The largest absolute Gasteiger partial charge is 0.373 e. The Bertz CT molecular complexity index is 1260. The van der Waals surface area contributed by atoms with Gasteiger partial charge >= 0.3 is 0 Å². The Labute approximate surface area is 201 Å². The molecule has 0 spiro atoms. The van der Waals surface area contributed by atoms with Gasteiger partial charge in [-0.3, -0.25) is 4.90 Å². The number of morpholine rings is 1. The van der Waals surface area contributed by atoms with Gasteiger partial charge in [0.15, 0.2) is 5.82 Å². The molecule has 2 aromatic carbocycles. The minimum absolute atomic E-state index is 0.0936. The van der Waals surface area contributed by atoms with E-state index in [0.29, 0.717) is 45.9 Å². The first-order chi connectivity index (χ1) is 16.3. The Hall–Kier alpha value is -2.37. The number of rotatable bonds is 5. The van der Waals surface area contributed by atoms with Gasteiger partial charge in [0, 0.05) is 44.8 Å². The molecule has 1 aromatic heterocycles. The van der Waals surface area contributed by atoms with Crippen molar-refractivity contribution in [3.05, 3.63) is 48.3 Å². The van der Waals surface area contributed by atoms with Gasteiger partial charge in [0.05, 0.1) is 18.9 Å². The predicted molar refractivity (Wildman–Crippen MR) is 131 cm³/mol. The van der Waals surface area contributed by atoms with E-state index in [2.05, 4.69) is 45.3 Å². The van der Waals surface area contributed by atoms with E-state index >= 15 is 0 Å². The highest BCUT2D eigenvalue weighted by Gasteiger charge is 2.36. The summed E-state index contributed by atoms with van der Waals surface area (Å²) in [6.07, 6.45) is -0.187. The first-order valence-corrected chi connectivity index (χ1v) is 13.2. The summed E-state index contributed by atoms with van der Waals surface area (Å²) >= 11 is 0. The molecule has 34 heavy (non-hydrogen) atoms. The molecule has 0 bridgehead atoms. The fourth-order valence-electron chi connectivity index (χ4n) is 4.87. The molecule has 3 heterocycles. The maximum absolute atomic E-state index is 13.2. The lowest BCUT2D eigenvalue weighted by atomic mass is 10.1. The van der Waals surface area contributed by atoms with E-state index in [1.807, 2.05) is 37.6 Å². The normalized spacial score (nSPS) is 23.5. The molecule has 2 saturated heterocycles. The molecule has 0 aliphatic carbocycles. The summed E-state index contributed by atoms with van der Waals surface area (Å²) in [5.41, 5.74) is 1.02. The maximum atomic E-state index is 13.2. The Balaban J connectivity index is 1.27. The van der Waals surface area contributed by atoms with Crippen molar-refractivity contribution in [1.82, 2.24) is 28.3 Å². The lowest BCUT2D eigenvalue weighted by Crippen LogP contribution is -2.57. The van der Waals surface area contributed by atoms with Crippen LogP contribution in [0.3, 0.4) is 0 Å². The van der Waals surface area contributed by atoms with E-state index in [0.717, 1.165) is 22.6 Å². The van der Waals surface area contributed by atoms with E-state index in [1.54, 1.807) is 8.61 Å². The van der Waals surface area contributed by atoms with Crippen molar-refractivity contribution in [3.63, 3.8) is 0 Å². The highest BCUT2D eigenvalue weighted by atomic mass is 32.2. The number of piperazine rings is 1. The lowest BCUT2D eigenvalue weighted by Gasteiger charge is -2.40. The average Bonchev–Trinajstić information content (AvgIpc) is 3.18. The number of aryl methyl sites for hydroxylation is 1. The number of aromatic nitrogens is 3. The first-order valence-electron chi connectivity index (χ1n) is 11.8. The van der Waals surface area contributed by atoms with Crippen molar-refractivity contribution in [2.75, 3.05) is 39.3 Å². The molecule has 10 heteroatoms. The number of benzene rings is 2. The molecule has 9 nitrogen and oxygen atoms in total. The van der Waals surface area contributed by atoms with Crippen LogP contribution in [-0.4, -0.2) is 88.2 Å². The molecule has 0 saturated carbocycles. The second kappa shape index (κ2) is 9.35. The van der Waals surface area contributed by atoms with Crippen molar-refractivity contribution in [2.45, 2.75) is 39.6 Å². The number of hydrogen-bond acceptors (Lipinski definition) is 6. The first kappa shape index (κ1) is 23.4. The van der Waals surface area contributed by atoms with Crippen molar-refractivity contribution >= 4 is 21.0 Å². The third kappa shape index (κ3) is 4.73. The average molecular weight is 485 g/mol. The zero-order chi connectivity index (χ0) is 23.9. The monoisotopic (exact) mass is 484 g/mol. The molecule has 182 valence electrons. The second-order valence-electron chi connectivity index (χ2n) is 9.28. The summed E-state index contributed by atoms with van der Waals surface area (Å²) in [5.74, 6) is 1.55. The van der Waals surface area contributed by atoms with Gasteiger partial charge in [-0.25, -0.2) is 9.67 Å². The van der Waals surface area contributed by atoms with Crippen LogP contribution in [0.2, 0.25) is 0 Å². The van der Waals surface area contributed by atoms with Crippen LogP contribution in [0, 0.1) is 6.92 Å². The molecular formula is C24H32N6O3S. The number of ether oxygens (including phenoxy) is 1. The summed E-state index contributed by atoms with van der Waals surface area (Å²) in [5, 5.41) is 6.98. The standard InChI is InChI=1S/C24H32N6O3S/c1-18-15-29(16-19(2)33-18)34(31,32)28-12-10-27(11-13-28)17-30-24(25-20(3)26-30)23-9-8-21-6-4-5-7-22(21)14-23/h4-9,14,18-19H,10-13,15-17H2,1-3H3. The fourth-order valence-corrected chi connectivity index (χ4v) is 6.62. The van der Waals surface area contributed by atoms with Gasteiger partial charge in [0.1, 0.15) is 5.82 Å². The van der Waals surface area contributed by atoms with E-state index in [1.165, 1.54) is 5.39 Å². The van der Waals surface area contributed by atoms with Crippen molar-refractivity contribution < 1.29 is 13.2 Å². The zero-order valence-electron chi connectivity index (χ0n) is 20.0. The van der Waals surface area contributed by atoms with Crippen LogP contribution in [0.25, 0.3) is 22.2 Å². The summed E-state index contributed by atoms with van der Waals surface area (Å²) in [6, 6.07) is 14.6. The van der Waals surface area contributed by atoms with Gasteiger partial charge in [-0.2, -0.15) is 22.1 Å². The molecule has 2 aliphatic heterocycles. The smallest absolute Gasteiger partial charge is 0.282 e. The Morgan fingerprint density at radius 2 is 1.62 bits per heavy atom. The highest BCUT2D eigenvalue weighted by molar-refractivity contribution is 7.86. The zero-order valence-corrected chi connectivity index (χ0v) is 20.8. The van der Waals surface area contributed by atoms with Gasteiger partial charge in [0.25, 0.3) is 10.2 Å². The third-order valence-electron chi connectivity index (χ3n) is 6.49. The number of hydrogen-bond donors (Lipinski definition) is 0. The van der Waals surface area contributed by atoms with Crippen LogP contribution < -0.4 is 0 Å². The van der Waals surface area contributed by atoms with E-state index < -0.39 is 10.2 Å². The molecule has 3 aromatic rings. The quantitative estimate of drug-likeness (QED) is 0.553. The third-order valence-corrected chi connectivity index (χ3v) is 8.46. The van der Waals surface area contributed by atoms with E-state index in [9.17, 15) is 8.42 Å². The number of fused-ring (bicyclic) bond motifs is 1. The molecule has 2 atom stereocenters. The SMILES string of the molecule is Cc1nc(-c2ccc3ccccc3c2)n(CN2CCN(S(=O)(=O)N3CC(C)OC(C)C3)CC2)n1. The van der Waals surface area contributed by atoms with Crippen LogP contribution in [0.15, 0.2) is 42.5 Å². The van der Waals surface area contributed by atoms with E-state index in [-0.39, 0.29) is 12.2 Å². The van der Waals surface area contributed by atoms with Gasteiger partial charge in [-0.05, 0) is 37.6 Å². The summed E-state index contributed by atoms with van der Waals surface area (Å²) in [4.78, 5) is 6.91.